The molecule has 6 heteroatoms. The number of carbonyl (C=O) groups is 1. The highest BCUT2D eigenvalue weighted by molar-refractivity contribution is 5.68. The maximum atomic E-state index is 11.8. The Balaban J connectivity index is 1.73. The first-order chi connectivity index (χ1) is 9.92. The average Bonchev–Trinajstić information content (AvgIpc) is 2.38. The van der Waals surface area contributed by atoms with Crippen LogP contribution in [0.3, 0.4) is 0 Å². The third kappa shape index (κ3) is 6.20. The standard InChI is InChI=1S/C15H29N3O3/c1-15(2,3)21-14(19)16-12-5-4-6-13(11-12)17-18-7-9-20-10-8-18/h12-13,17H,4-11H2,1-3H3,(H,16,19). The highest BCUT2D eigenvalue weighted by atomic mass is 16.6. The number of alkyl carbamates (subject to hydrolysis) is 1. The van der Waals surface area contributed by atoms with Gasteiger partial charge in [0.05, 0.1) is 13.2 Å². The van der Waals surface area contributed by atoms with E-state index >= 15 is 0 Å². The van der Waals surface area contributed by atoms with Crippen LogP contribution in [0.15, 0.2) is 0 Å². The van der Waals surface area contributed by atoms with Crippen LogP contribution in [0.5, 0.6) is 0 Å². The zero-order chi connectivity index (χ0) is 15.3. The number of carbonyl (C=O) groups excluding carboxylic acids is 1. The summed E-state index contributed by atoms with van der Waals surface area (Å²) in [5.74, 6) is 0. The van der Waals surface area contributed by atoms with Crippen LogP contribution in [-0.2, 0) is 9.47 Å². The van der Waals surface area contributed by atoms with Crippen molar-refractivity contribution >= 4 is 6.09 Å². The van der Waals surface area contributed by atoms with E-state index in [1.807, 2.05) is 20.8 Å². The predicted octanol–water partition coefficient (Wildman–Crippen LogP) is 1.66. The van der Waals surface area contributed by atoms with E-state index in [4.69, 9.17) is 9.47 Å². The van der Waals surface area contributed by atoms with Gasteiger partial charge < -0.3 is 14.8 Å². The monoisotopic (exact) mass is 299 g/mol. The molecule has 2 aliphatic rings. The fourth-order valence-electron chi connectivity index (χ4n) is 2.86. The van der Waals surface area contributed by atoms with Gasteiger partial charge in [0.1, 0.15) is 5.60 Å². The van der Waals surface area contributed by atoms with E-state index in [1.165, 1.54) is 0 Å². The second-order valence-corrected chi connectivity index (χ2v) is 6.94. The molecule has 122 valence electrons. The van der Waals surface area contributed by atoms with Gasteiger partial charge in [-0.25, -0.2) is 9.80 Å². The lowest BCUT2D eigenvalue weighted by molar-refractivity contribution is -0.00127. The lowest BCUT2D eigenvalue weighted by Gasteiger charge is -2.36. The Kier molecular flexibility index (Phi) is 5.84. The van der Waals surface area contributed by atoms with Crippen LogP contribution in [0.25, 0.3) is 0 Å². The Morgan fingerprint density at radius 1 is 1.19 bits per heavy atom. The number of hydrogen-bond donors (Lipinski definition) is 2. The molecule has 2 N–H and O–H groups in total. The van der Waals surface area contributed by atoms with Crippen molar-refractivity contribution in [3.63, 3.8) is 0 Å². The molecule has 0 bridgehead atoms. The largest absolute Gasteiger partial charge is 0.444 e. The van der Waals surface area contributed by atoms with E-state index in [9.17, 15) is 4.79 Å². The summed E-state index contributed by atoms with van der Waals surface area (Å²) in [6.07, 6.45) is 3.96. The fraction of sp³-hybridized carbons (Fsp3) is 0.933. The topological polar surface area (TPSA) is 62.8 Å². The lowest BCUT2D eigenvalue weighted by atomic mass is 9.91. The Morgan fingerprint density at radius 3 is 2.52 bits per heavy atom. The van der Waals surface area contributed by atoms with Crippen molar-refractivity contribution in [3.05, 3.63) is 0 Å². The van der Waals surface area contributed by atoms with Crippen molar-refractivity contribution < 1.29 is 14.3 Å². The summed E-state index contributed by atoms with van der Waals surface area (Å²) in [6.45, 7) is 9.10. The van der Waals surface area contributed by atoms with Gasteiger partial charge in [-0.2, -0.15) is 0 Å². The molecule has 2 fully saturated rings. The molecule has 0 aromatic rings. The molecule has 2 unspecified atom stereocenters. The molecule has 0 aromatic carbocycles. The Morgan fingerprint density at radius 2 is 1.86 bits per heavy atom. The van der Waals surface area contributed by atoms with Crippen molar-refractivity contribution in [1.29, 1.82) is 0 Å². The summed E-state index contributed by atoms with van der Waals surface area (Å²) in [6, 6.07) is 0.629. The number of nitrogens with zero attached hydrogens (tertiary/aromatic N) is 1. The van der Waals surface area contributed by atoms with Gasteiger partial charge in [-0.1, -0.05) is 0 Å². The fourth-order valence-corrected chi connectivity index (χ4v) is 2.86. The molecule has 1 saturated heterocycles. The molecule has 1 saturated carbocycles. The molecule has 1 amide bonds. The number of rotatable bonds is 3. The van der Waals surface area contributed by atoms with Gasteiger partial charge in [0.2, 0.25) is 0 Å². The molecule has 1 heterocycles. The van der Waals surface area contributed by atoms with Gasteiger partial charge in [-0.05, 0) is 46.5 Å². The van der Waals surface area contributed by atoms with Gasteiger partial charge in [0.15, 0.2) is 0 Å². The zero-order valence-corrected chi connectivity index (χ0v) is 13.5. The predicted molar refractivity (Wildman–Crippen MR) is 80.9 cm³/mol. The molecular formula is C15H29N3O3. The highest BCUT2D eigenvalue weighted by Crippen LogP contribution is 2.20. The molecule has 0 aromatic heterocycles. The summed E-state index contributed by atoms with van der Waals surface area (Å²) < 4.78 is 10.7. The molecule has 0 spiro atoms. The van der Waals surface area contributed by atoms with E-state index in [1.54, 1.807) is 0 Å². The summed E-state index contributed by atoms with van der Waals surface area (Å²) in [5, 5.41) is 5.24. The van der Waals surface area contributed by atoms with Crippen molar-refractivity contribution in [3.8, 4) is 0 Å². The maximum Gasteiger partial charge on any atom is 0.407 e. The van der Waals surface area contributed by atoms with E-state index < -0.39 is 5.60 Å². The Labute approximate surface area is 127 Å². The minimum absolute atomic E-state index is 0.201. The zero-order valence-electron chi connectivity index (χ0n) is 13.5. The quantitative estimate of drug-likeness (QED) is 0.830. The number of hydrazine groups is 1. The average molecular weight is 299 g/mol. The number of hydrogen-bond acceptors (Lipinski definition) is 5. The van der Waals surface area contributed by atoms with Crippen LogP contribution in [0.1, 0.15) is 46.5 Å². The number of amides is 1. The minimum atomic E-state index is -0.440. The molecule has 6 nitrogen and oxygen atoms in total. The van der Waals surface area contributed by atoms with Crippen LogP contribution in [0.4, 0.5) is 4.79 Å². The van der Waals surface area contributed by atoms with Crippen LogP contribution in [0, 0.1) is 0 Å². The Hall–Kier alpha value is -0.850. The van der Waals surface area contributed by atoms with Crippen molar-refractivity contribution in [2.24, 2.45) is 0 Å². The first-order valence-electron chi connectivity index (χ1n) is 8.01. The van der Waals surface area contributed by atoms with Crippen LogP contribution in [0.2, 0.25) is 0 Å². The number of morpholine rings is 1. The molecule has 2 atom stereocenters. The summed E-state index contributed by atoms with van der Waals surface area (Å²) >= 11 is 0. The third-order valence-corrected chi connectivity index (χ3v) is 3.77. The van der Waals surface area contributed by atoms with Gasteiger partial charge in [0.25, 0.3) is 0 Å². The van der Waals surface area contributed by atoms with Gasteiger partial charge in [-0.3, -0.25) is 5.43 Å². The van der Waals surface area contributed by atoms with Gasteiger partial charge in [0, 0.05) is 25.2 Å². The van der Waals surface area contributed by atoms with Crippen LogP contribution >= 0.6 is 0 Å². The summed E-state index contributed by atoms with van der Waals surface area (Å²) in [5.41, 5.74) is 3.13. The lowest BCUT2D eigenvalue weighted by Crippen LogP contribution is -2.53. The van der Waals surface area contributed by atoms with Crippen LogP contribution < -0.4 is 10.7 Å². The molecular weight excluding hydrogens is 270 g/mol. The van der Waals surface area contributed by atoms with Crippen molar-refractivity contribution in [1.82, 2.24) is 15.8 Å². The van der Waals surface area contributed by atoms with E-state index in [-0.39, 0.29) is 12.1 Å². The van der Waals surface area contributed by atoms with E-state index in [0.717, 1.165) is 52.0 Å². The smallest absolute Gasteiger partial charge is 0.407 e. The normalized spacial score (nSPS) is 28.1. The van der Waals surface area contributed by atoms with Crippen molar-refractivity contribution in [2.45, 2.75) is 64.1 Å². The van der Waals surface area contributed by atoms with Crippen LogP contribution in [-0.4, -0.2) is 55.1 Å². The number of nitrogens with one attached hydrogen (secondary N) is 2. The maximum absolute atomic E-state index is 11.8. The summed E-state index contributed by atoms with van der Waals surface area (Å²) in [4.78, 5) is 11.8. The molecule has 1 aliphatic heterocycles. The molecule has 1 aliphatic carbocycles. The second kappa shape index (κ2) is 7.42. The number of ether oxygens (including phenoxy) is 2. The first-order valence-corrected chi connectivity index (χ1v) is 8.01. The molecule has 0 radical (unpaired) electrons. The molecule has 21 heavy (non-hydrogen) atoms. The van der Waals surface area contributed by atoms with E-state index in [0.29, 0.717) is 6.04 Å². The SMILES string of the molecule is CC(C)(C)OC(=O)NC1CCCC(NN2CCOCC2)C1. The van der Waals surface area contributed by atoms with Crippen molar-refractivity contribution in [2.75, 3.05) is 26.3 Å². The highest BCUT2D eigenvalue weighted by Gasteiger charge is 2.26. The van der Waals surface area contributed by atoms with E-state index in [2.05, 4.69) is 15.8 Å². The first kappa shape index (κ1) is 16.5. The van der Waals surface area contributed by atoms with Gasteiger partial charge in [-0.15, -0.1) is 0 Å². The Bertz CT molecular complexity index is 338. The molecule has 2 rings (SSSR count). The third-order valence-electron chi connectivity index (χ3n) is 3.77. The van der Waals surface area contributed by atoms with Gasteiger partial charge >= 0.3 is 6.09 Å². The second-order valence-electron chi connectivity index (χ2n) is 6.94. The minimum Gasteiger partial charge on any atom is -0.444 e. The summed E-state index contributed by atoms with van der Waals surface area (Å²) in [7, 11) is 0.